The number of furan rings is 1. The molecule has 2 aromatic rings. The molecule has 1 aliphatic heterocycles. The topological polar surface area (TPSA) is 80.0 Å². The van der Waals surface area contributed by atoms with Crippen LogP contribution in [0.1, 0.15) is 34.3 Å². The van der Waals surface area contributed by atoms with Gasteiger partial charge in [-0.15, -0.1) is 0 Å². The Morgan fingerprint density at radius 3 is 2.74 bits per heavy atom. The van der Waals surface area contributed by atoms with Gasteiger partial charge in [0.05, 0.1) is 11.6 Å². The van der Waals surface area contributed by atoms with Crippen molar-refractivity contribution in [2.45, 2.75) is 19.4 Å². The lowest BCUT2D eigenvalue weighted by Crippen LogP contribution is -2.32. The van der Waals surface area contributed by atoms with Crippen molar-refractivity contribution >= 4 is 23.3 Å². The first-order valence-electron chi connectivity index (χ1n) is 8.53. The van der Waals surface area contributed by atoms with Crippen LogP contribution >= 0.6 is 11.6 Å². The Hall–Kier alpha value is -2.57. The second-order valence-corrected chi connectivity index (χ2v) is 6.74. The molecule has 1 aromatic heterocycles. The molecule has 1 amide bonds. The number of aliphatic hydroxyl groups is 1. The van der Waals surface area contributed by atoms with E-state index in [4.69, 9.17) is 20.8 Å². The number of hydrogen-bond acceptors (Lipinski definition) is 5. The van der Waals surface area contributed by atoms with Crippen LogP contribution in [0.15, 0.2) is 52.1 Å². The van der Waals surface area contributed by atoms with Crippen LogP contribution in [0.25, 0.3) is 0 Å². The fraction of sp³-hybridized carbons (Fsp3) is 0.300. The Morgan fingerprint density at radius 2 is 2.11 bits per heavy atom. The average Bonchev–Trinajstić information content (AvgIpc) is 3.18. The highest BCUT2D eigenvalue weighted by Gasteiger charge is 2.44. The number of ketones is 1. The number of carbonyl (C=O) groups is 2. The van der Waals surface area contributed by atoms with Crippen molar-refractivity contribution in [3.8, 4) is 0 Å². The molecule has 7 heteroatoms. The Balaban J connectivity index is 2.04. The second-order valence-electron chi connectivity index (χ2n) is 6.30. The monoisotopic (exact) mass is 389 g/mol. The van der Waals surface area contributed by atoms with Gasteiger partial charge in [-0.05, 0) is 43.2 Å². The summed E-state index contributed by atoms with van der Waals surface area (Å²) in [7, 11) is 1.57. The summed E-state index contributed by atoms with van der Waals surface area (Å²) < 4.78 is 10.5. The van der Waals surface area contributed by atoms with E-state index >= 15 is 0 Å². The largest absolute Gasteiger partial charge is 0.503 e. The van der Waals surface area contributed by atoms with Gasteiger partial charge in [0.1, 0.15) is 5.76 Å². The van der Waals surface area contributed by atoms with Crippen LogP contribution in [0, 0.1) is 6.92 Å². The van der Waals surface area contributed by atoms with Crippen LogP contribution in [0.3, 0.4) is 0 Å². The predicted molar refractivity (Wildman–Crippen MR) is 99.8 cm³/mol. The van der Waals surface area contributed by atoms with Crippen LogP contribution in [0.4, 0.5) is 0 Å². The predicted octanol–water partition coefficient (Wildman–Crippen LogP) is 3.86. The maximum atomic E-state index is 13.0. The minimum absolute atomic E-state index is 0.00552. The van der Waals surface area contributed by atoms with Crippen molar-refractivity contribution in [2.24, 2.45) is 0 Å². The third-order valence-corrected chi connectivity index (χ3v) is 4.66. The lowest BCUT2D eigenvalue weighted by Gasteiger charge is -2.26. The summed E-state index contributed by atoms with van der Waals surface area (Å²) in [6.45, 7) is 2.49. The summed E-state index contributed by atoms with van der Waals surface area (Å²) in [4.78, 5) is 27.2. The summed E-state index contributed by atoms with van der Waals surface area (Å²) in [5.74, 6) is -1.03. The molecule has 0 radical (unpaired) electrons. The molecule has 0 spiro atoms. The molecule has 27 heavy (non-hydrogen) atoms. The molecule has 0 unspecified atom stereocenters. The van der Waals surface area contributed by atoms with Gasteiger partial charge >= 0.3 is 0 Å². The van der Waals surface area contributed by atoms with Gasteiger partial charge in [-0.2, -0.15) is 0 Å². The lowest BCUT2D eigenvalue weighted by molar-refractivity contribution is -0.129. The number of benzene rings is 1. The Kier molecular flexibility index (Phi) is 5.68. The van der Waals surface area contributed by atoms with Gasteiger partial charge in [0.25, 0.3) is 5.91 Å². The number of rotatable bonds is 7. The number of halogens is 1. The van der Waals surface area contributed by atoms with Crippen molar-refractivity contribution < 1.29 is 23.8 Å². The molecule has 1 N–H and O–H groups in total. The molecule has 6 nitrogen and oxygen atoms in total. The molecule has 1 atom stereocenters. The van der Waals surface area contributed by atoms with Gasteiger partial charge in [0, 0.05) is 25.3 Å². The highest BCUT2D eigenvalue weighted by atomic mass is 35.5. The van der Waals surface area contributed by atoms with Gasteiger partial charge in [0.2, 0.25) is 5.78 Å². The third-order valence-electron chi connectivity index (χ3n) is 4.42. The summed E-state index contributed by atoms with van der Waals surface area (Å²) in [5.41, 5.74) is 0.637. The number of aliphatic hydroxyl groups excluding tert-OH is 1. The Labute approximate surface area is 162 Å². The first-order valence-corrected chi connectivity index (χ1v) is 8.91. The summed E-state index contributed by atoms with van der Waals surface area (Å²) in [6, 6.07) is 9.35. The van der Waals surface area contributed by atoms with Crippen molar-refractivity contribution in [3.63, 3.8) is 0 Å². The first-order chi connectivity index (χ1) is 12.9. The van der Waals surface area contributed by atoms with E-state index in [9.17, 15) is 14.7 Å². The minimum atomic E-state index is -0.744. The van der Waals surface area contributed by atoms with E-state index in [0.29, 0.717) is 35.9 Å². The van der Waals surface area contributed by atoms with Crippen molar-refractivity contribution in [3.05, 3.63) is 69.8 Å². The average molecular weight is 390 g/mol. The quantitative estimate of drug-likeness (QED) is 0.574. The summed E-state index contributed by atoms with van der Waals surface area (Å²) >= 11 is 6.11. The number of hydrogen-bond donors (Lipinski definition) is 1. The van der Waals surface area contributed by atoms with Crippen LogP contribution < -0.4 is 0 Å². The molecule has 0 aliphatic carbocycles. The van der Waals surface area contributed by atoms with Gasteiger partial charge in [-0.1, -0.05) is 23.7 Å². The molecule has 2 heterocycles. The van der Waals surface area contributed by atoms with Crippen LogP contribution in [-0.4, -0.2) is 42.0 Å². The molecule has 0 saturated heterocycles. The number of Topliss-reactive ketones (excluding diaryl/α,β-unsaturated/α-hetero) is 1. The SMILES string of the molecule is COCCCN1C(=O)C(O)=C(C(=O)c2ccc(C)o2)[C@H]1c1cccc(Cl)c1. The van der Waals surface area contributed by atoms with Crippen LogP contribution in [0.5, 0.6) is 0 Å². The molecule has 1 aromatic carbocycles. The second kappa shape index (κ2) is 7.98. The Bertz CT molecular complexity index is 901. The minimum Gasteiger partial charge on any atom is -0.503 e. The van der Waals surface area contributed by atoms with Crippen molar-refractivity contribution in [1.29, 1.82) is 0 Å². The van der Waals surface area contributed by atoms with E-state index in [1.165, 1.54) is 11.0 Å². The summed E-state index contributed by atoms with van der Waals surface area (Å²) in [5, 5.41) is 11.0. The van der Waals surface area contributed by atoms with E-state index in [-0.39, 0.29) is 11.3 Å². The molecular formula is C20H20ClNO5. The zero-order valence-corrected chi connectivity index (χ0v) is 15.8. The van der Waals surface area contributed by atoms with E-state index < -0.39 is 23.5 Å². The lowest BCUT2D eigenvalue weighted by atomic mass is 9.95. The number of carbonyl (C=O) groups excluding carboxylic acids is 2. The number of methoxy groups -OCH3 is 1. The number of amides is 1. The van der Waals surface area contributed by atoms with Gasteiger partial charge in [-0.3, -0.25) is 9.59 Å². The highest BCUT2D eigenvalue weighted by Crippen LogP contribution is 2.39. The molecule has 0 bridgehead atoms. The Morgan fingerprint density at radius 1 is 1.33 bits per heavy atom. The molecular weight excluding hydrogens is 370 g/mol. The van der Waals surface area contributed by atoms with Gasteiger partial charge in [0.15, 0.2) is 11.5 Å². The van der Waals surface area contributed by atoms with Gasteiger partial charge < -0.3 is 19.2 Å². The molecule has 1 aliphatic rings. The standard InChI is InChI=1S/C20H20ClNO5/c1-12-7-8-15(27-12)18(23)16-17(13-5-3-6-14(21)11-13)22(9-4-10-26-2)20(25)19(16)24/h3,5-8,11,17,24H,4,9-10H2,1-2H3/t17-/m1/s1. The zero-order chi connectivity index (χ0) is 19.6. The highest BCUT2D eigenvalue weighted by molar-refractivity contribution is 6.30. The number of aryl methyl sites for hydroxylation is 1. The fourth-order valence-corrected chi connectivity index (χ4v) is 3.41. The smallest absolute Gasteiger partial charge is 0.290 e. The van der Waals surface area contributed by atoms with E-state index in [1.807, 2.05) is 0 Å². The third kappa shape index (κ3) is 3.77. The zero-order valence-electron chi connectivity index (χ0n) is 15.1. The fourth-order valence-electron chi connectivity index (χ4n) is 3.21. The first kappa shape index (κ1) is 19.2. The van der Waals surface area contributed by atoms with E-state index in [0.717, 1.165) is 0 Å². The van der Waals surface area contributed by atoms with E-state index in [2.05, 4.69) is 0 Å². The van der Waals surface area contributed by atoms with Crippen LogP contribution in [0.2, 0.25) is 5.02 Å². The van der Waals surface area contributed by atoms with Gasteiger partial charge in [-0.25, -0.2) is 0 Å². The normalized spacial score (nSPS) is 17.1. The van der Waals surface area contributed by atoms with Crippen molar-refractivity contribution in [1.82, 2.24) is 4.90 Å². The number of nitrogens with zero attached hydrogens (tertiary/aromatic N) is 1. The molecule has 142 valence electrons. The van der Waals surface area contributed by atoms with Crippen molar-refractivity contribution in [2.75, 3.05) is 20.3 Å². The maximum absolute atomic E-state index is 13.0. The summed E-state index contributed by atoms with van der Waals surface area (Å²) in [6.07, 6.45) is 0.563. The molecule has 0 saturated carbocycles. The van der Waals surface area contributed by atoms with E-state index in [1.54, 1.807) is 44.4 Å². The maximum Gasteiger partial charge on any atom is 0.290 e. The molecule has 0 fully saturated rings. The van der Waals surface area contributed by atoms with Crippen LogP contribution in [-0.2, 0) is 9.53 Å². The molecule has 3 rings (SSSR count). The number of ether oxygens (including phenoxy) is 1.